The maximum atomic E-state index is 11.2. The van der Waals surface area contributed by atoms with Crippen molar-refractivity contribution in [1.82, 2.24) is 0 Å². The summed E-state index contributed by atoms with van der Waals surface area (Å²) in [6.45, 7) is 8.14. The van der Waals surface area contributed by atoms with Gasteiger partial charge in [-0.15, -0.1) is 0 Å². The van der Waals surface area contributed by atoms with Crippen LogP contribution in [-0.2, 0) is 9.53 Å². The molecule has 0 N–H and O–H groups in total. The highest BCUT2D eigenvalue weighted by atomic mass is 16.6. The first-order chi connectivity index (χ1) is 6.58. The van der Waals surface area contributed by atoms with Gasteiger partial charge in [0.25, 0.3) is 0 Å². The third-order valence-electron chi connectivity index (χ3n) is 2.71. The number of rotatable bonds is 7. The molecule has 0 bridgehead atoms. The van der Waals surface area contributed by atoms with Gasteiger partial charge < -0.3 is 4.74 Å². The lowest BCUT2D eigenvalue weighted by Crippen LogP contribution is -2.30. The number of ether oxygens (including phenoxy) is 1. The van der Waals surface area contributed by atoms with Gasteiger partial charge in [-0.2, -0.15) is 0 Å². The molecule has 0 aliphatic heterocycles. The zero-order valence-electron chi connectivity index (χ0n) is 10.1. The number of hydrogen-bond donors (Lipinski definition) is 0. The summed E-state index contributed by atoms with van der Waals surface area (Å²) in [5.41, 5.74) is -0.234. The van der Waals surface area contributed by atoms with Gasteiger partial charge in [0.1, 0.15) is 5.60 Å². The highest BCUT2D eigenvalue weighted by Crippen LogP contribution is 2.23. The number of hydrogen-bond acceptors (Lipinski definition) is 2. The average Bonchev–Trinajstić information content (AvgIpc) is 2.18. The molecule has 0 fully saturated rings. The summed E-state index contributed by atoms with van der Waals surface area (Å²) in [5.74, 6) is -0.0779. The van der Waals surface area contributed by atoms with Crippen LogP contribution in [0.2, 0.25) is 0 Å². The van der Waals surface area contributed by atoms with Gasteiger partial charge in [-0.05, 0) is 26.2 Å². The first-order valence-electron chi connectivity index (χ1n) is 5.79. The van der Waals surface area contributed by atoms with Crippen LogP contribution in [0.15, 0.2) is 0 Å². The Hall–Kier alpha value is -0.530. The van der Waals surface area contributed by atoms with Crippen LogP contribution < -0.4 is 0 Å². The molecule has 0 rings (SSSR count). The zero-order valence-corrected chi connectivity index (χ0v) is 10.1. The summed E-state index contributed by atoms with van der Waals surface area (Å²) in [6.07, 6.45) is 5.95. The van der Waals surface area contributed by atoms with Crippen molar-refractivity contribution in [1.29, 1.82) is 0 Å². The molecule has 0 aliphatic rings. The monoisotopic (exact) mass is 200 g/mol. The quantitative estimate of drug-likeness (QED) is 0.463. The minimum atomic E-state index is -0.234. The van der Waals surface area contributed by atoms with Crippen LogP contribution in [0.5, 0.6) is 0 Å². The largest absolute Gasteiger partial charge is 0.459 e. The molecular formula is C12H24O2. The van der Waals surface area contributed by atoms with Crippen LogP contribution in [0.4, 0.5) is 0 Å². The van der Waals surface area contributed by atoms with Gasteiger partial charge in [0.05, 0.1) is 0 Å². The van der Waals surface area contributed by atoms with Crippen molar-refractivity contribution in [3.63, 3.8) is 0 Å². The van der Waals surface area contributed by atoms with Gasteiger partial charge in [0.2, 0.25) is 0 Å². The lowest BCUT2D eigenvalue weighted by molar-refractivity contribution is -0.158. The Morgan fingerprint density at radius 3 is 2.29 bits per heavy atom. The molecule has 0 radical (unpaired) electrons. The molecule has 0 aliphatic carbocycles. The van der Waals surface area contributed by atoms with Gasteiger partial charge in [-0.3, -0.25) is 4.79 Å². The smallest absolute Gasteiger partial charge is 0.306 e. The molecule has 2 heteroatoms. The maximum Gasteiger partial charge on any atom is 0.306 e. The van der Waals surface area contributed by atoms with E-state index >= 15 is 0 Å². The number of unbranched alkanes of at least 4 members (excludes halogenated alkanes) is 2. The van der Waals surface area contributed by atoms with E-state index in [0.717, 1.165) is 19.3 Å². The SMILES string of the molecule is CCCCCC(C)(CC)OC(=O)CC. The molecule has 0 heterocycles. The van der Waals surface area contributed by atoms with E-state index in [1.165, 1.54) is 12.8 Å². The van der Waals surface area contributed by atoms with Gasteiger partial charge >= 0.3 is 5.97 Å². The van der Waals surface area contributed by atoms with Crippen molar-refractivity contribution < 1.29 is 9.53 Å². The summed E-state index contributed by atoms with van der Waals surface area (Å²) < 4.78 is 5.44. The Balaban J connectivity index is 3.97. The molecule has 1 unspecified atom stereocenters. The Morgan fingerprint density at radius 2 is 1.86 bits per heavy atom. The molecule has 0 aromatic rings. The lowest BCUT2D eigenvalue weighted by Gasteiger charge is -2.28. The zero-order chi connectivity index (χ0) is 11.0. The summed E-state index contributed by atoms with van der Waals surface area (Å²) >= 11 is 0. The van der Waals surface area contributed by atoms with Gasteiger partial charge in [-0.1, -0.05) is 33.6 Å². The molecule has 14 heavy (non-hydrogen) atoms. The predicted molar refractivity (Wildman–Crippen MR) is 59.2 cm³/mol. The summed E-state index contributed by atoms with van der Waals surface area (Å²) in [4.78, 5) is 11.2. The fraction of sp³-hybridized carbons (Fsp3) is 0.917. The molecule has 0 amide bonds. The number of carbonyl (C=O) groups excluding carboxylic acids is 1. The molecule has 84 valence electrons. The van der Waals surface area contributed by atoms with Crippen molar-refractivity contribution in [3.05, 3.63) is 0 Å². The Labute approximate surface area is 88.0 Å². The van der Waals surface area contributed by atoms with E-state index in [2.05, 4.69) is 13.8 Å². The van der Waals surface area contributed by atoms with Crippen molar-refractivity contribution in [2.75, 3.05) is 0 Å². The Kier molecular flexibility index (Phi) is 6.60. The van der Waals surface area contributed by atoms with Crippen molar-refractivity contribution >= 4 is 5.97 Å². The molecular weight excluding hydrogens is 176 g/mol. The molecule has 0 aromatic carbocycles. The molecule has 0 saturated carbocycles. The second kappa shape index (κ2) is 6.86. The van der Waals surface area contributed by atoms with E-state index in [-0.39, 0.29) is 11.6 Å². The van der Waals surface area contributed by atoms with E-state index < -0.39 is 0 Å². The fourth-order valence-electron chi connectivity index (χ4n) is 1.40. The Bertz CT molecular complexity index is 166. The van der Waals surface area contributed by atoms with E-state index in [4.69, 9.17) is 4.74 Å². The predicted octanol–water partition coefficient (Wildman–Crippen LogP) is 3.69. The van der Waals surface area contributed by atoms with E-state index in [1.807, 2.05) is 13.8 Å². The third-order valence-corrected chi connectivity index (χ3v) is 2.71. The standard InChI is InChI=1S/C12H24O2/c1-5-8-9-10-12(4,7-3)14-11(13)6-2/h5-10H2,1-4H3. The van der Waals surface area contributed by atoms with Crippen LogP contribution in [0.3, 0.4) is 0 Å². The molecule has 0 saturated heterocycles. The molecule has 2 nitrogen and oxygen atoms in total. The Morgan fingerprint density at radius 1 is 1.21 bits per heavy atom. The average molecular weight is 200 g/mol. The minimum Gasteiger partial charge on any atom is -0.459 e. The minimum absolute atomic E-state index is 0.0779. The number of carbonyl (C=O) groups is 1. The van der Waals surface area contributed by atoms with Crippen molar-refractivity contribution in [2.45, 2.75) is 71.8 Å². The van der Waals surface area contributed by atoms with E-state index in [9.17, 15) is 4.79 Å². The summed E-state index contributed by atoms with van der Waals surface area (Å²) in [7, 11) is 0. The molecule has 0 aromatic heterocycles. The highest BCUT2D eigenvalue weighted by molar-refractivity contribution is 5.69. The number of esters is 1. The van der Waals surface area contributed by atoms with Crippen LogP contribution in [0.1, 0.15) is 66.2 Å². The van der Waals surface area contributed by atoms with Gasteiger partial charge in [0, 0.05) is 6.42 Å². The summed E-state index contributed by atoms with van der Waals surface area (Å²) in [6, 6.07) is 0. The van der Waals surface area contributed by atoms with Crippen LogP contribution in [0.25, 0.3) is 0 Å². The summed E-state index contributed by atoms with van der Waals surface area (Å²) in [5, 5.41) is 0. The second-order valence-corrected chi connectivity index (χ2v) is 4.09. The fourth-order valence-corrected chi connectivity index (χ4v) is 1.40. The maximum absolute atomic E-state index is 11.2. The van der Waals surface area contributed by atoms with E-state index in [0.29, 0.717) is 6.42 Å². The third kappa shape index (κ3) is 5.25. The first-order valence-corrected chi connectivity index (χ1v) is 5.79. The topological polar surface area (TPSA) is 26.3 Å². The normalized spacial score (nSPS) is 14.9. The molecule has 0 spiro atoms. The molecule has 1 atom stereocenters. The van der Waals surface area contributed by atoms with Crippen molar-refractivity contribution in [2.24, 2.45) is 0 Å². The highest BCUT2D eigenvalue weighted by Gasteiger charge is 2.25. The second-order valence-electron chi connectivity index (χ2n) is 4.09. The first kappa shape index (κ1) is 13.5. The van der Waals surface area contributed by atoms with Gasteiger partial charge in [-0.25, -0.2) is 0 Å². The lowest BCUT2D eigenvalue weighted by atomic mass is 9.95. The van der Waals surface area contributed by atoms with Crippen LogP contribution in [-0.4, -0.2) is 11.6 Å². The van der Waals surface area contributed by atoms with Gasteiger partial charge in [0.15, 0.2) is 0 Å². The van der Waals surface area contributed by atoms with Crippen LogP contribution in [0, 0.1) is 0 Å². The van der Waals surface area contributed by atoms with E-state index in [1.54, 1.807) is 0 Å². The van der Waals surface area contributed by atoms with Crippen LogP contribution >= 0.6 is 0 Å². The van der Waals surface area contributed by atoms with Crippen molar-refractivity contribution in [3.8, 4) is 0 Å².